The van der Waals surface area contributed by atoms with Crippen LogP contribution in [0.1, 0.15) is 39.5 Å². The van der Waals surface area contributed by atoms with Crippen molar-refractivity contribution in [2.75, 3.05) is 23.8 Å². The number of nitrogens with two attached hydrogens (primary N) is 1. The first-order valence-corrected chi connectivity index (χ1v) is 7.70. The number of aliphatic hydroxyl groups excluding tert-OH is 1. The van der Waals surface area contributed by atoms with Crippen LogP contribution < -0.4 is 15.4 Å². The molecular formula is C13H23N3O2S. The van der Waals surface area contributed by atoms with Crippen molar-refractivity contribution in [2.24, 2.45) is 0 Å². The summed E-state index contributed by atoms with van der Waals surface area (Å²) in [6, 6.07) is 0.474. The maximum Gasteiger partial charge on any atom is 0.198 e. The minimum absolute atomic E-state index is 0.0667. The standard InChI is InChI=1S/C13H23N3O2S/c1-9(2)18-11-12(14)15-19-13(11)16(7-8-17)10-5-3-4-6-10/h9-10,17H,3-8H2,1-2H3,(H2,14,15). The van der Waals surface area contributed by atoms with Gasteiger partial charge in [-0.15, -0.1) is 0 Å². The Hall–Kier alpha value is -1.01. The second-order valence-electron chi connectivity index (χ2n) is 5.22. The Balaban J connectivity index is 2.25. The van der Waals surface area contributed by atoms with Gasteiger partial charge in [-0.1, -0.05) is 12.8 Å². The molecule has 5 nitrogen and oxygen atoms in total. The van der Waals surface area contributed by atoms with Gasteiger partial charge in [0.25, 0.3) is 0 Å². The lowest BCUT2D eigenvalue weighted by atomic mass is 10.2. The van der Waals surface area contributed by atoms with E-state index in [1.165, 1.54) is 37.2 Å². The molecule has 0 aromatic carbocycles. The fourth-order valence-electron chi connectivity index (χ4n) is 2.59. The summed E-state index contributed by atoms with van der Waals surface area (Å²) in [5, 5.41) is 10.3. The molecule has 1 aliphatic carbocycles. The van der Waals surface area contributed by atoms with Crippen molar-refractivity contribution >= 4 is 22.4 Å². The van der Waals surface area contributed by atoms with Gasteiger partial charge in [0.15, 0.2) is 16.6 Å². The van der Waals surface area contributed by atoms with E-state index >= 15 is 0 Å². The fraction of sp³-hybridized carbons (Fsp3) is 0.769. The largest absolute Gasteiger partial charge is 0.484 e. The number of nitrogens with zero attached hydrogens (tertiary/aromatic N) is 2. The van der Waals surface area contributed by atoms with Crippen LogP contribution in [0.25, 0.3) is 0 Å². The predicted molar refractivity (Wildman–Crippen MR) is 79.0 cm³/mol. The third-order valence-corrected chi connectivity index (χ3v) is 4.26. The Labute approximate surface area is 118 Å². The lowest BCUT2D eigenvalue weighted by molar-refractivity contribution is 0.243. The zero-order valence-corrected chi connectivity index (χ0v) is 12.4. The van der Waals surface area contributed by atoms with Crippen LogP contribution in [0.4, 0.5) is 10.8 Å². The number of anilines is 2. The van der Waals surface area contributed by atoms with E-state index in [0.717, 1.165) is 5.00 Å². The van der Waals surface area contributed by atoms with Gasteiger partial charge in [-0.05, 0) is 38.2 Å². The molecule has 0 saturated heterocycles. The van der Waals surface area contributed by atoms with Crippen LogP contribution in [0.5, 0.6) is 5.75 Å². The highest BCUT2D eigenvalue weighted by atomic mass is 32.1. The Morgan fingerprint density at radius 2 is 2.16 bits per heavy atom. The van der Waals surface area contributed by atoms with Crippen molar-refractivity contribution in [1.82, 2.24) is 4.37 Å². The van der Waals surface area contributed by atoms with Gasteiger partial charge in [-0.3, -0.25) is 0 Å². The van der Waals surface area contributed by atoms with Crippen LogP contribution in [0, 0.1) is 0 Å². The van der Waals surface area contributed by atoms with Crippen LogP contribution in [0.2, 0.25) is 0 Å². The Morgan fingerprint density at radius 3 is 2.74 bits per heavy atom. The van der Waals surface area contributed by atoms with E-state index in [0.29, 0.717) is 24.2 Å². The van der Waals surface area contributed by atoms with Crippen LogP contribution in [-0.4, -0.2) is 34.8 Å². The molecular weight excluding hydrogens is 262 g/mol. The molecule has 0 unspecified atom stereocenters. The van der Waals surface area contributed by atoms with Gasteiger partial charge < -0.3 is 20.5 Å². The third kappa shape index (κ3) is 3.30. The molecule has 108 valence electrons. The Bertz CT molecular complexity index is 403. The number of rotatable bonds is 6. The molecule has 19 heavy (non-hydrogen) atoms. The number of ether oxygens (including phenoxy) is 1. The van der Waals surface area contributed by atoms with Crippen molar-refractivity contribution in [3.8, 4) is 5.75 Å². The predicted octanol–water partition coefficient (Wildman–Crippen LogP) is 2.25. The molecule has 1 aliphatic rings. The maximum atomic E-state index is 9.31. The average molecular weight is 285 g/mol. The molecule has 3 N–H and O–H groups in total. The highest BCUT2D eigenvalue weighted by molar-refractivity contribution is 7.11. The minimum Gasteiger partial charge on any atom is -0.484 e. The van der Waals surface area contributed by atoms with Crippen molar-refractivity contribution in [1.29, 1.82) is 0 Å². The molecule has 0 radical (unpaired) electrons. The lowest BCUT2D eigenvalue weighted by Gasteiger charge is -2.29. The van der Waals surface area contributed by atoms with E-state index in [1.54, 1.807) is 0 Å². The molecule has 6 heteroatoms. The number of aliphatic hydroxyl groups is 1. The monoisotopic (exact) mass is 285 g/mol. The van der Waals surface area contributed by atoms with E-state index in [-0.39, 0.29) is 12.7 Å². The minimum atomic E-state index is 0.0667. The van der Waals surface area contributed by atoms with Crippen molar-refractivity contribution in [3.63, 3.8) is 0 Å². The van der Waals surface area contributed by atoms with Gasteiger partial charge in [-0.2, -0.15) is 4.37 Å². The van der Waals surface area contributed by atoms with Crippen molar-refractivity contribution in [3.05, 3.63) is 0 Å². The van der Waals surface area contributed by atoms with E-state index in [2.05, 4.69) is 9.27 Å². The lowest BCUT2D eigenvalue weighted by Crippen LogP contribution is -2.35. The summed E-state index contributed by atoms with van der Waals surface area (Å²) in [5.74, 6) is 1.13. The Kier molecular flexibility index (Phi) is 4.87. The highest BCUT2D eigenvalue weighted by Crippen LogP contribution is 2.41. The number of aromatic nitrogens is 1. The Morgan fingerprint density at radius 1 is 1.47 bits per heavy atom. The normalized spacial score (nSPS) is 16.2. The van der Waals surface area contributed by atoms with Gasteiger partial charge in [-0.25, -0.2) is 0 Å². The molecule has 1 aromatic rings. The van der Waals surface area contributed by atoms with Crippen molar-refractivity contribution < 1.29 is 9.84 Å². The van der Waals surface area contributed by atoms with E-state index in [4.69, 9.17) is 10.5 Å². The molecule has 1 fully saturated rings. The molecule has 0 spiro atoms. The van der Waals surface area contributed by atoms with E-state index < -0.39 is 0 Å². The fourth-order valence-corrected chi connectivity index (χ4v) is 3.44. The van der Waals surface area contributed by atoms with Crippen molar-refractivity contribution in [2.45, 2.75) is 51.7 Å². The third-order valence-electron chi connectivity index (χ3n) is 3.38. The molecule has 1 heterocycles. The summed E-state index contributed by atoms with van der Waals surface area (Å²) in [7, 11) is 0. The first-order valence-electron chi connectivity index (χ1n) is 6.92. The van der Waals surface area contributed by atoms with Gasteiger partial charge in [0.1, 0.15) is 0 Å². The molecule has 1 aromatic heterocycles. The van der Waals surface area contributed by atoms with Crippen LogP contribution >= 0.6 is 11.5 Å². The second kappa shape index (κ2) is 6.43. The van der Waals surface area contributed by atoms with Crippen LogP contribution in [0.3, 0.4) is 0 Å². The number of hydrogen-bond acceptors (Lipinski definition) is 6. The zero-order chi connectivity index (χ0) is 13.8. The molecule has 2 rings (SSSR count). The summed E-state index contributed by atoms with van der Waals surface area (Å²) in [6.07, 6.45) is 4.90. The molecule has 0 bridgehead atoms. The van der Waals surface area contributed by atoms with Crippen LogP contribution in [0.15, 0.2) is 0 Å². The highest BCUT2D eigenvalue weighted by Gasteiger charge is 2.28. The first kappa shape index (κ1) is 14.4. The summed E-state index contributed by atoms with van der Waals surface area (Å²) >= 11 is 1.37. The molecule has 0 atom stereocenters. The average Bonchev–Trinajstić information content (AvgIpc) is 2.98. The SMILES string of the molecule is CC(C)Oc1c(N)nsc1N(CCO)C1CCCC1. The van der Waals surface area contributed by atoms with Gasteiger partial charge in [0.2, 0.25) is 0 Å². The van der Waals surface area contributed by atoms with E-state index in [9.17, 15) is 5.11 Å². The number of hydrogen-bond donors (Lipinski definition) is 2. The van der Waals surface area contributed by atoms with E-state index in [1.807, 2.05) is 13.8 Å². The molecule has 0 aliphatic heterocycles. The summed E-state index contributed by atoms with van der Waals surface area (Å²) in [5.41, 5.74) is 5.91. The van der Waals surface area contributed by atoms with Gasteiger partial charge >= 0.3 is 0 Å². The molecule has 1 saturated carbocycles. The maximum absolute atomic E-state index is 9.31. The zero-order valence-electron chi connectivity index (χ0n) is 11.6. The molecule has 0 amide bonds. The summed E-state index contributed by atoms with van der Waals surface area (Å²) in [6.45, 7) is 4.70. The second-order valence-corrected chi connectivity index (χ2v) is 5.98. The topological polar surface area (TPSA) is 71.6 Å². The van der Waals surface area contributed by atoms with Gasteiger partial charge in [0.05, 0.1) is 12.7 Å². The quantitative estimate of drug-likeness (QED) is 0.839. The summed E-state index contributed by atoms with van der Waals surface area (Å²) < 4.78 is 10.0. The number of nitrogen functional groups attached to an aromatic ring is 1. The summed E-state index contributed by atoms with van der Waals surface area (Å²) in [4.78, 5) is 2.22. The smallest absolute Gasteiger partial charge is 0.198 e. The first-order chi connectivity index (χ1) is 9.13. The van der Waals surface area contributed by atoms with Gasteiger partial charge in [0, 0.05) is 12.6 Å². The van der Waals surface area contributed by atoms with Crippen LogP contribution in [-0.2, 0) is 0 Å².